The summed E-state index contributed by atoms with van der Waals surface area (Å²) in [5, 5.41) is 7.47. The van der Waals surface area contributed by atoms with E-state index in [1.54, 1.807) is 11.3 Å². The number of nitrogens with zero attached hydrogens (tertiary/aromatic N) is 3. The topological polar surface area (TPSA) is 38.8 Å². The first kappa shape index (κ1) is 16.9. The van der Waals surface area contributed by atoms with Crippen LogP contribution in [0.5, 0.6) is 0 Å². The molecule has 2 fully saturated rings. The van der Waals surface area contributed by atoms with E-state index in [4.69, 9.17) is 0 Å². The van der Waals surface area contributed by atoms with E-state index in [1.807, 2.05) is 14.1 Å². The highest BCUT2D eigenvalue weighted by atomic mass is 32.1. The van der Waals surface area contributed by atoms with Crippen LogP contribution in [0.25, 0.3) is 0 Å². The largest absolute Gasteiger partial charge is 0.353 e. The molecule has 1 aromatic heterocycles. The first-order chi connectivity index (χ1) is 11.0. The Balaban J connectivity index is 1.49. The van der Waals surface area contributed by atoms with Crippen molar-refractivity contribution in [2.24, 2.45) is 5.92 Å². The number of hydrogen-bond acceptors (Lipinski definition) is 5. The van der Waals surface area contributed by atoms with Crippen LogP contribution in [-0.2, 0) is 11.3 Å². The molecule has 23 heavy (non-hydrogen) atoms. The van der Waals surface area contributed by atoms with Crippen molar-refractivity contribution in [1.29, 1.82) is 0 Å². The van der Waals surface area contributed by atoms with Crippen LogP contribution in [0.3, 0.4) is 0 Å². The van der Waals surface area contributed by atoms with E-state index in [2.05, 4.69) is 43.9 Å². The van der Waals surface area contributed by atoms with E-state index in [0.717, 1.165) is 39.1 Å². The van der Waals surface area contributed by atoms with E-state index < -0.39 is 0 Å². The normalized spacial score (nSPS) is 28.4. The van der Waals surface area contributed by atoms with Crippen LogP contribution in [0.4, 0.5) is 0 Å². The van der Waals surface area contributed by atoms with Gasteiger partial charge < -0.3 is 10.2 Å². The second-order valence-corrected chi connectivity index (χ2v) is 7.94. The summed E-state index contributed by atoms with van der Waals surface area (Å²) in [6.07, 6.45) is 0.995. The van der Waals surface area contributed by atoms with Gasteiger partial charge in [-0.2, -0.15) is 11.3 Å². The Morgan fingerprint density at radius 1 is 1.43 bits per heavy atom. The number of carbonyl (C=O) groups excluding carboxylic acids is 1. The molecule has 1 aromatic rings. The van der Waals surface area contributed by atoms with Crippen molar-refractivity contribution in [2.75, 3.05) is 47.3 Å². The van der Waals surface area contributed by atoms with Crippen molar-refractivity contribution in [3.8, 4) is 0 Å². The lowest BCUT2D eigenvalue weighted by Crippen LogP contribution is -2.46. The van der Waals surface area contributed by atoms with Crippen LogP contribution >= 0.6 is 11.3 Å². The van der Waals surface area contributed by atoms with Crippen molar-refractivity contribution in [3.63, 3.8) is 0 Å². The summed E-state index contributed by atoms with van der Waals surface area (Å²) >= 11 is 1.77. The zero-order valence-electron chi connectivity index (χ0n) is 14.4. The number of fused-ring (bicyclic) bond motifs is 1. The zero-order chi connectivity index (χ0) is 16.4. The predicted molar refractivity (Wildman–Crippen MR) is 94.6 cm³/mol. The molecule has 6 heteroatoms. The monoisotopic (exact) mass is 336 g/mol. The van der Waals surface area contributed by atoms with Crippen molar-refractivity contribution in [3.05, 3.63) is 22.4 Å². The zero-order valence-corrected chi connectivity index (χ0v) is 15.2. The molecule has 2 aliphatic heterocycles. The second-order valence-electron chi connectivity index (χ2n) is 7.16. The third kappa shape index (κ3) is 3.94. The number of hydrogen-bond donors (Lipinski definition) is 1. The van der Waals surface area contributed by atoms with Gasteiger partial charge in [-0.05, 0) is 55.9 Å². The number of amides is 1. The Morgan fingerprint density at radius 2 is 2.26 bits per heavy atom. The van der Waals surface area contributed by atoms with Gasteiger partial charge in [0, 0.05) is 38.8 Å². The van der Waals surface area contributed by atoms with Gasteiger partial charge in [0.15, 0.2) is 0 Å². The van der Waals surface area contributed by atoms with Gasteiger partial charge >= 0.3 is 0 Å². The molecule has 3 heterocycles. The molecule has 2 aliphatic rings. The maximum Gasteiger partial charge on any atom is 0.237 e. The molecular formula is C17H28N4OS. The van der Waals surface area contributed by atoms with E-state index >= 15 is 0 Å². The summed E-state index contributed by atoms with van der Waals surface area (Å²) in [6.45, 7) is 4.87. The fraction of sp³-hybridized carbons (Fsp3) is 0.706. The maximum absolute atomic E-state index is 12.4. The third-order valence-electron chi connectivity index (χ3n) is 5.17. The highest BCUT2D eigenvalue weighted by Crippen LogP contribution is 2.35. The molecular weight excluding hydrogens is 308 g/mol. The SMILES string of the molecule is CN(C)CCNC(=O)[C@@H]1C[C@H]2CN(Cc3ccsc3)C[C@H]2N1C. The van der Waals surface area contributed by atoms with E-state index in [9.17, 15) is 4.79 Å². The molecule has 0 bridgehead atoms. The first-order valence-corrected chi connectivity index (χ1v) is 9.36. The summed E-state index contributed by atoms with van der Waals surface area (Å²) < 4.78 is 0. The van der Waals surface area contributed by atoms with Gasteiger partial charge in [-0.1, -0.05) is 0 Å². The van der Waals surface area contributed by atoms with Gasteiger partial charge in [-0.25, -0.2) is 0 Å². The Bertz CT molecular complexity index is 519. The Kier molecular flexibility index (Phi) is 5.36. The quantitative estimate of drug-likeness (QED) is 0.839. The van der Waals surface area contributed by atoms with Crippen molar-refractivity contribution >= 4 is 17.2 Å². The van der Waals surface area contributed by atoms with Gasteiger partial charge in [0.05, 0.1) is 6.04 Å². The number of rotatable bonds is 6. The lowest BCUT2D eigenvalue weighted by Gasteiger charge is -2.26. The summed E-state index contributed by atoms with van der Waals surface area (Å²) in [4.78, 5) is 19.4. The van der Waals surface area contributed by atoms with Crippen LogP contribution in [-0.4, -0.2) is 80.0 Å². The summed E-state index contributed by atoms with van der Waals surface area (Å²) in [6, 6.07) is 2.79. The standard InChI is InChI=1S/C17H28N4OS/c1-19(2)6-5-18-17(22)15-8-14-10-21(11-16(14)20(15)3)9-13-4-7-23-12-13/h4,7,12,14-16H,5-6,8-11H2,1-3H3,(H,18,22)/t14-,15-,16+/m0/s1. The van der Waals surface area contributed by atoms with E-state index in [1.165, 1.54) is 5.56 Å². The molecule has 0 spiro atoms. The molecule has 1 N–H and O–H groups in total. The molecule has 0 aliphatic carbocycles. The van der Waals surface area contributed by atoms with Crippen molar-refractivity contribution in [1.82, 2.24) is 20.0 Å². The van der Waals surface area contributed by atoms with Crippen LogP contribution in [0.1, 0.15) is 12.0 Å². The van der Waals surface area contributed by atoms with Gasteiger partial charge in [0.2, 0.25) is 5.91 Å². The van der Waals surface area contributed by atoms with Crippen molar-refractivity contribution in [2.45, 2.75) is 25.0 Å². The predicted octanol–water partition coefficient (Wildman–Crippen LogP) is 0.930. The van der Waals surface area contributed by atoms with Gasteiger partial charge in [0.25, 0.3) is 0 Å². The lowest BCUT2D eigenvalue weighted by molar-refractivity contribution is -0.125. The number of thiophene rings is 1. The van der Waals surface area contributed by atoms with Gasteiger partial charge in [-0.3, -0.25) is 14.6 Å². The summed E-state index contributed by atoms with van der Waals surface area (Å²) in [5.41, 5.74) is 1.41. The summed E-state index contributed by atoms with van der Waals surface area (Å²) in [7, 11) is 6.18. The fourth-order valence-electron chi connectivity index (χ4n) is 3.90. The molecule has 128 valence electrons. The van der Waals surface area contributed by atoms with Gasteiger partial charge in [0.1, 0.15) is 0 Å². The van der Waals surface area contributed by atoms with Gasteiger partial charge in [-0.15, -0.1) is 0 Å². The molecule has 1 amide bonds. The average Bonchev–Trinajstić information content (AvgIpc) is 3.18. The lowest BCUT2D eigenvalue weighted by atomic mass is 10.0. The number of likely N-dealkylation sites (N-methyl/N-ethyl adjacent to an activating group) is 2. The minimum Gasteiger partial charge on any atom is -0.353 e. The van der Waals surface area contributed by atoms with Crippen LogP contribution < -0.4 is 5.32 Å². The van der Waals surface area contributed by atoms with Crippen molar-refractivity contribution < 1.29 is 4.79 Å². The second kappa shape index (κ2) is 7.30. The summed E-state index contributed by atoms with van der Waals surface area (Å²) in [5.74, 6) is 0.830. The van der Waals surface area contributed by atoms with Crippen LogP contribution in [0.15, 0.2) is 16.8 Å². The molecule has 3 rings (SSSR count). The molecule has 5 nitrogen and oxygen atoms in total. The third-order valence-corrected chi connectivity index (χ3v) is 5.90. The Labute approximate surface area is 143 Å². The molecule has 0 saturated carbocycles. The molecule has 2 saturated heterocycles. The van der Waals surface area contributed by atoms with Crippen LogP contribution in [0.2, 0.25) is 0 Å². The first-order valence-electron chi connectivity index (χ1n) is 8.42. The molecule has 0 aromatic carbocycles. The smallest absolute Gasteiger partial charge is 0.237 e. The number of carbonyl (C=O) groups is 1. The Hall–Kier alpha value is -0.950. The van der Waals surface area contributed by atoms with Crippen LogP contribution in [0, 0.1) is 5.92 Å². The number of nitrogens with one attached hydrogen (secondary N) is 1. The average molecular weight is 337 g/mol. The van der Waals surface area contributed by atoms with E-state index in [-0.39, 0.29) is 11.9 Å². The molecule has 3 atom stereocenters. The Morgan fingerprint density at radius 3 is 2.91 bits per heavy atom. The minimum absolute atomic E-state index is 0.0514. The molecule has 0 radical (unpaired) electrons. The fourth-order valence-corrected chi connectivity index (χ4v) is 4.56. The highest BCUT2D eigenvalue weighted by Gasteiger charge is 2.46. The minimum atomic E-state index is 0.0514. The van der Waals surface area contributed by atoms with E-state index in [0.29, 0.717) is 12.0 Å². The maximum atomic E-state index is 12.4. The molecule has 0 unspecified atom stereocenters. The highest BCUT2D eigenvalue weighted by molar-refractivity contribution is 7.07. The number of likely N-dealkylation sites (tertiary alicyclic amines) is 2.